The van der Waals surface area contributed by atoms with Crippen molar-refractivity contribution >= 4 is 5.97 Å². The molecule has 0 aromatic heterocycles. The highest BCUT2D eigenvalue weighted by atomic mass is 16.5. The monoisotopic (exact) mass is 287 g/mol. The Morgan fingerprint density at radius 2 is 2.00 bits per heavy atom. The fourth-order valence-electron chi connectivity index (χ4n) is 3.87. The Bertz CT molecular complexity index is 538. The third-order valence-corrected chi connectivity index (χ3v) is 5.02. The minimum atomic E-state index is -0.190. The van der Waals surface area contributed by atoms with Crippen LogP contribution in [0.3, 0.4) is 0 Å². The predicted octanol–water partition coefficient (Wildman–Crippen LogP) is 3.41. The normalized spacial score (nSPS) is 25.2. The largest absolute Gasteiger partial charge is 0.465 e. The van der Waals surface area contributed by atoms with Gasteiger partial charge in [0.25, 0.3) is 0 Å². The predicted molar refractivity (Wildman–Crippen MR) is 83.6 cm³/mol. The summed E-state index contributed by atoms with van der Waals surface area (Å²) in [6.07, 6.45) is 6.97. The summed E-state index contributed by atoms with van der Waals surface area (Å²) in [4.78, 5) is 12.0. The molecule has 1 N–H and O–H groups in total. The molecule has 1 heterocycles. The van der Waals surface area contributed by atoms with Crippen LogP contribution in [0.4, 0.5) is 0 Å². The van der Waals surface area contributed by atoms with Gasteiger partial charge in [0, 0.05) is 6.04 Å². The van der Waals surface area contributed by atoms with Gasteiger partial charge in [-0.3, -0.25) is 0 Å². The van der Waals surface area contributed by atoms with Crippen LogP contribution in [0.2, 0.25) is 0 Å². The summed E-state index contributed by atoms with van der Waals surface area (Å²) in [7, 11) is 1.47. The number of benzene rings is 1. The van der Waals surface area contributed by atoms with Crippen LogP contribution >= 0.6 is 0 Å². The van der Waals surface area contributed by atoms with E-state index in [4.69, 9.17) is 4.74 Å². The molecule has 2 unspecified atom stereocenters. The van der Waals surface area contributed by atoms with Crippen LogP contribution in [0.5, 0.6) is 0 Å². The summed E-state index contributed by atoms with van der Waals surface area (Å²) >= 11 is 0. The van der Waals surface area contributed by atoms with Crippen molar-refractivity contribution in [3.63, 3.8) is 0 Å². The maximum Gasteiger partial charge on any atom is 0.338 e. The first-order chi connectivity index (χ1) is 10.2. The highest BCUT2D eigenvalue weighted by molar-refractivity contribution is 5.91. The third-order valence-electron chi connectivity index (χ3n) is 5.02. The molecular formula is C18H25NO2. The maximum atomic E-state index is 12.0. The molecule has 21 heavy (non-hydrogen) atoms. The fourth-order valence-corrected chi connectivity index (χ4v) is 3.87. The zero-order chi connectivity index (χ0) is 14.8. The minimum absolute atomic E-state index is 0.190. The quantitative estimate of drug-likeness (QED) is 0.847. The Morgan fingerprint density at radius 3 is 2.71 bits per heavy atom. The van der Waals surface area contributed by atoms with E-state index in [9.17, 15) is 4.79 Å². The van der Waals surface area contributed by atoms with Gasteiger partial charge in [0.1, 0.15) is 0 Å². The van der Waals surface area contributed by atoms with E-state index < -0.39 is 0 Å². The highest BCUT2D eigenvalue weighted by Crippen LogP contribution is 2.35. The second-order valence-corrected chi connectivity index (χ2v) is 6.49. The van der Waals surface area contributed by atoms with Crippen molar-refractivity contribution in [1.82, 2.24) is 5.32 Å². The Labute approximate surface area is 127 Å². The van der Waals surface area contributed by atoms with Gasteiger partial charge in [0.15, 0.2) is 0 Å². The highest BCUT2D eigenvalue weighted by Gasteiger charge is 2.26. The summed E-state index contributed by atoms with van der Waals surface area (Å²) in [5, 5.41) is 3.66. The number of rotatable bonds is 2. The van der Waals surface area contributed by atoms with Gasteiger partial charge >= 0.3 is 5.97 Å². The van der Waals surface area contributed by atoms with Gasteiger partial charge in [-0.1, -0.05) is 13.0 Å². The standard InChI is InChI=1S/C18H25NO2/c1-12-9-10-19-17(11-12)15-7-8-16(18(20)21-2)14-6-4-3-5-13(14)15/h7-8,12,17,19H,3-6,9-11H2,1-2H3. The SMILES string of the molecule is COC(=O)c1ccc(C2CC(C)CCN2)c2c1CCCC2. The van der Waals surface area contributed by atoms with Crippen LogP contribution in [0, 0.1) is 5.92 Å². The van der Waals surface area contributed by atoms with Crippen LogP contribution in [0.25, 0.3) is 0 Å². The summed E-state index contributed by atoms with van der Waals surface area (Å²) in [6, 6.07) is 4.59. The van der Waals surface area contributed by atoms with E-state index in [1.165, 1.54) is 49.5 Å². The molecule has 1 aliphatic heterocycles. The lowest BCUT2D eigenvalue weighted by Gasteiger charge is -2.32. The van der Waals surface area contributed by atoms with E-state index in [-0.39, 0.29) is 5.97 Å². The van der Waals surface area contributed by atoms with Crippen LogP contribution in [-0.2, 0) is 17.6 Å². The zero-order valence-corrected chi connectivity index (χ0v) is 13.1. The zero-order valence-electron chi connectivity index (χ0n) is 13.1. The molecule has 0 saturated carbocycles. The van der Waals surface area contributed by atoms with Crippen molar-refractivity contribution in [3.05, 3.63) is 34.4 Å². The number of methoxy groups -OCH3 is 1. The Kier molecular flexibility index (Phi) is 4.29. The van der Waals surface area contributed by atoms with Crippen molar-refractivity contribution in [2.24, 2.45) is 5.92 Å². The van der Waals surface area contributed by atoms with Gasteiger partial charge in [-0.25, -0.2) is 4.79 Å². The first-order valence-electron chi connectivity index (χ1n) is 8.17. The third kappa shape index (κ3) is 2.84. The lowest BCUT2D eigenvalue weighted by molar-refractivity contribution is 0.0599. The molecule has 1 aliphatic carbocycles. The molecule has 0 radical (unpaired) electrons. The molecule has 2 atom stereocenters. The van der Waals surface area contributed by atoms with Crippen LogP contribution in [0.15, 0.2) is 12.1 Å². The van der Waals surface area contributed by atoms with Gasteiger partial charge in [-0.05, 0) is 73.7 Å². The number of hydrogen-bond acceptors (Lipinski definition) is 3. The molecule has 3 rings (SSSR count). The summed E-state index contributed by atoms with van der Waals surface area (Å²) in [5.74, 6) is 0.584. The molecule has 1 fully saturated rings. The van der Waals surface area contributed by atoms with Crippen LogP contribution < -0.4 is 5.32 Å². The van der Waals surface area contributed by atoms with Gasteiger partial charge in [0.05, 0.1) is 12.7 Å². The van der Waals surface area contributed by atoms with Gasteiger partial charge < -0.3 is 10.1 Å². The van der Waals surface area contributed by atoms with Crippen molar-refractivity contribution in [2.45, 2.75) is 51.5 Å². The van der Waals surface area contributed by atoms with Crippen LogP contribution in [-0.4, -0.2) is 19.6 Å². The number of fused-ring (bicyclic) bond motifs is 1. The van der Waals surface area contributed by atoms with Crippen molar-refractivity contribution in [2.75, 3.05) is 13.7 Å². The van der Waals surface area contributed by atoms with Gasteiger partial charge in [0.2, 0.25) is 0 Å². The van der Waals surface area contributed by atoms with Crippen molar-refractivity contribution < 1.29 is 9.53 Å². The first-order valence-corrected chi connectivity index (χ1v) is 8.17. The van der Waals surface area contributed by atoms with Crippen molar-refractivity contribution in [3.8, 4) is 0 Å². The second kappa shape index (κ2) is 6.18. The average Bonchev–Trinajstić information content (AvgIpc) is 2.53. The molecule has 1 saturated heterocycles. The van der Waals surface area contributed by atoms with E-state index >= 15 is 0 Å². The molecule has 3 nitrogen and oxygen atoms in total. The Hall–Kier alpha value is -1.35. The van der Waals surface area contributed by atoms with E-state index in [2.05, 4.69) is 18.3 Å². The molecule has 2 aliphatic rings. The molecular weight excluding hydrogens is 262 g/mol. The Balaban J connectivity index is 2.00. The molecule has 3 heteroatoms. The summed E-state index contributed by atoms with van der Waals surface area (Å²) in [5.41, 5.74) is 4.85. The summed E-state index contributed by atoms with van der Waals surface area (Å²) in [6.45, 7) is 3.43. The number of nitrogens with one attached hydrogen (secondary N) is 1. The average molecular weight is 287 g/mol. The molecule has 0 spiro atoms. The molecule has 1 aromatic rings. The van der Waals surface area contributed by atoms with E-state index in [1.54, 1.807) is 0 Å². The molecule has 0 amide bonds. The maximum absolute atomic E-state index is 12.0. The molecule has 114 valence electrons. The van der Waals surface area contributed by atoms with Gasteiger partial charge in [-0.2, -0.15) is 0 Å². The fraction of sp³-hybridized carbons (Fsp3) is 0.611. The lowest BCUT2D eigenvalue weighted by Crippen LogP contribution is -2.32. The number of ether oxygens (including phenoxy) is 1. The number of hydrogen-bond donors (Lipinski definition) is 1. The van der Waals surface area contributed by atoms with Crippen molar-refractivity contribution in [1.29, 1.82) is 0 Å². The Morgan fingerprint density at radius 1 is 1.24 bits per heavy atom. The van der Waals surface area contributed by atoms with E-state index in [0.29, 0.717) is 6.04 Å². The molecule has 1 aromatic carbocycles. The second-order valence-electron chi connectivity index (χ2n) is 6.49. The first kappa shape index (κ1) is 14.6. The van der Waals surface area contributed by atoms with E-state index in [0.717, 1.165) is 30.9 Å². The number of carbonyl (C=O) groups is 1. The number of carbonyl (C=O) groups excluding carboxylic acids is 1. The van der Waals surface area contributed by atoms with E-state index in [1.807, 2.05) is 6.07 Å². The molecule has 0 bridgehead atoms. The number of piperidine rings is 1. The smallest absolute Gasteiger partial charge is 0.338 e. The lowest BCUT2D eigenvalue weighted by atomic mass is 9.80. The minimum Gasteiger partial charge on any atom is -0.465 e. The van der Waals surface area contributed by atoms with Crippen LogP contribution in [0.1, 0.15) is 65.7 Å². The summed E-state index contributed by atoms with van der Waals surface area (Å²) < 4.78 is 4.95. The van der Waals surface area contributed by atoms with Gasteiger partial charge in [-0.15, -0.1) is 0 Å². The number of esters is 1. The topological polar surface area (TPSA) is 38.3 Å².